The summed E-state index contributed by atoms with van der Waals surface area (Å²) in [6.07, 6.45) is 2.98. The summed E-state index contributed by atoms with van der Waals surface area (Å²) in [5.41, 5.74) is 4.24. The topological polar surface area (TPSA) is 80.3 Å². The zero-order valence-electron chi connectivity index (χ0n) is 22.8. The van der Waals surface area contributed by atoms with Crippen LogP contribution in [0.1, 0.15) is 68.1 Å². The number of rotatable bonds is 12. The van der Waals surface area contributed by atoms with Crippen molar-refractivity contribution in [2.24, 2.45) is 0 Å². The summed E-state index contributed by atoms with van der Waals surface area (Å²) in [7, 11) is 0. The number of ether oxygens (including phenoxy) is 1. The monoisotopic (exact) mass is 561 g/mol. The molecule has 8 heteroatoms. The molecule has 0 saturated heterocycles. The van der Waals surface area contributed by atoms with Crippen LogP contribution in [-0.4, -0.2) is 28.7 Å². The van der Waals surface area contributed by atoms with Crippen LogP contribution in [0.4, 0.5) is 5.69 Å². The van der Waals surface area contributed by atoms with Crippen molar-refractivity contribution in [3.05, 3.63) is 83.4 Å². The number of benzene rings is 3. The van der Waals surface area contributed by atoms with E-state index in [0.717, 1.165) is 50.7 Å². The molecule has 2 N–H and O–H groups in total. The standard InChI is InChI=1S/C31H35N3O3S2/c1-5-10-20(3)37-27-16-13-24(17-22(27)6-2)30(36)33-25-14-15-26-28(18-25)39-31(34-26)38-19-29(35)32-21(4)23-11-8-7-9-12-23/h7-9,11-18,20-21H,5-6,10,19H2,1-4H3,(H,32,35)(H,33,36)/t20?,21-/m0/s1. The molecule has 0 aliphatic carbocycles. The Morgan fingerprint density at radius 3 is 2.56 bits per heavy atom. The van der Waals surface area contributed by atoms with Gasteiger partial charge in [0.25, 0.3) is 5.91 Å². The first-order chi connectivity index (χ1) is 18.9. The molecule has 0 spiro atoms. The van der Waals surface area contributed by atoms with Crippen molar-refractivity contribution in [1.29, 1.82) is 0 Å². The quantitative estimate of drug-likeness (QED) is 0.174. The predicted molar refractivity (Wildman–Crippen MR) is 162 cm³/mol. The minimum Gasteiger partial charge on any atom is -0.490 e. The molecular weight excluding hydrogens is 526 g/mol. The molecule has 1 heterocycles. The van der Waals surface area contributed by atoms with E-state index < -0.39 is 0 Å². The average Bonchev–Trinajstić information content (AvgIpc) is 3.35. The van der Waals surface area contributed by atoms with Crippen molar-refractivity contribution in [1.82, 2.24) is 10.3 Å². The Balaban J connectivity index is 1.36. The van der Waals surface area contributed by atoms with Crippen LogP contribution in [0.3, 0.4) is 0 Å². The Bertz CT molecular complexity index is 1420. The van der Waals surface area contributed by atoms with Crippen molar-refractivity contribution in [3.8, 4) is 5.75 Å². The first-order valence-electron chi connectivity index (χ1n) is 13.3. The lowest BCUT2D eigenvalue weighted by Gasteiger charge is -2.17. The molecule has 39 heavy (non-hydrogen) atoms. The molecule has 0 aliphatic rings. The normalized spacial score (nSPS) is 12.6. The van der Waals surface area contributed by atoms with Gasteiger partial charge in [-0.15, -0.1) is 11.3 Å². The average molecular weight is 562 g/mol. The maximum atomic E-state index is 13.0. The molecule has 6 nitrogen and oxygen atoms in total. The molecule has 0 fully saturated rings. The maximum Gasteiger partial charge on any atom is 0.255 e. The fourth-order valence-electron chi connectivity index (χ4n) is 4.28. The lowest BCUT2D eigenvalue weighted by atomic mass is 10.1. The molecule has 0 saturated carbocycles. The van der Waals surface area contributed by atoms with Crippen LogP contribution < -0.4 is 15.4 Å². The molecule has 2 atom stereocenters. The summed E-state index contributed by atoms with van der Waals surface area (Å²) in [4.78, 5) is 30.1. The van der Waals surface area contributed by atoms with Gasteiger partial charge in [0.1, 0.15) is 5.75 Å². The largest absolute Gasteiger partial charge is 0.490 e. The number of fused-ring (bicyclic) bond motifs is 1. The van der Waals surface area contributed by atoms with Gasteiger partial charge >= 0.3 is 0 Å². The van der Waals surface area contributed by atoms with Gasteiger partial charge in [-0.25, -0.2) is 4.98 Å². The zero-order chi connectivity index (χ0) is 27.8. The number of hydrogen-bond donors (Lipinski definition) is 2. The molecule has 1 aromatic heterocycles. The van der Waals surface area contributed by atoms with Crippen molar-refractivity contribution >= 4 is 50.8 Å². The number of aryl methyl sites for hydroxylation is 1. The highest BCUT2D eigenvalue weighted by Crippen LogP contribution is 2.32. The zero-order valence-corrected chi connectivity index (χ0v) is 24.5. The van der Waals surface area contributed by atoms with Crippen LogP contribution in [-0.2, 0) is 11.2 Å². The van der Waals surface area contributed by atoms with Gasteiger partial charge in [0.15, 0.2) is 4.34 Å². The van der Waals surface area contributed by atoms with Crippen LogP contribution >= 0.6 is 23.1 Å². The van der Waals surface area contributed by atoms with E-state index in [1.54, 1.807) is 0 Å². The number of carbonyl (C=O) groups is 2. The van der Waals surface area contributed by atoms with E-state index in [9.17, 15) is 9.59 Å². The van der Waals surface area contributed by atoms with Gasteiger partial charge in [-0.2, -0.15) is 0 Å². The maximum absolute atomic E-state index is 13.0. The first-order valence-corrected chi connectivity index (χ1v) is 15.1. The molecule has 3 aromatic carbocycles. The van der Waals surface area contributed by atoms with Crippen molar-refractivity contribution in [3.63, 3.8) is 0 Å². The van der Waals surface area contributed by atoms with E-state index in [1.807, 2.05) is 73.7 Å². The second kappa shape index (κ2) is 13.6. The molecule has 4 rings (SSSR count). The summed E-state index contributed by atoms with van der Waals surface area (Å²) >= 11 is 2.93. The van der Waals surface area contributed by atoms with Crippen LogP contribution in [0.2, 0.25) is 0 Å². The fraction of sp³-hybridized carbons (Fsp3) is 0.323. The summed E-state index contributed by atoms with van der Waals surface area (Å²) in [6.45, 7) is 8.26. The lowest BCUT2D eigenvalue weighted by Crippen LogP contribution is -2.28. The number of amides is 2. The second-order valence-electron chi connectivity index (χ2n) is 9.50. The van der Waals surface area contributed by atoms with Gasteiger partial charge in [-0.3, -0.25) is 9.59 Å². The third kappa shape index (κ3) is 7.83. The Morgan fingerprint density at radius 2 is 1.82 bits per heavy atom. The minimum atomic E-state index is -0.166. The van der Waals surface area contributed by atoms with Crippen molar-refractivity contribution in [2.75, 3.05) is 11.1 Å². The highest BCUT2D eigenvalue weighted by molar-refractivity contribution is 8.01. The van der Waals surface area contributed by atoms with E-state index in [-0.39, 0.29) is 29.7 Å². The van der Waals surface area contributed by atoms with Gasteiger partial charge < -0.3 is 15.4 Å². The third-order valence-corrected chi connectivity index (χ3v) is 8.52. The minimum absolute atomic E-state index is 0.0359. The number of hydrogen-bond acceptors (Lipinski definition) is 6. The number of nitrogens with one attached hydrogen (secondary N) is 2. The first kappa shape index (κ1) is 28.6. The number of carbonyl (C=O) groups excluding carboxylic acids is 2. The molecule has 1 unspecified atom stereocenters. The second-order valence-corrected chi connectivity index (χ2v) is 11.8. The molecule has 0 aliphatic heterocycles. The van der Waals surface area contributed by atoms with Crippen LogP contribution in [0.25, 0.3) is 10.2 Å². The number of aromatic nitrogens is 1. The highest BCUT2D eigenvalue weighted by atomic mass is 32.2. The van der Waals surface area contributed by atoms with Crippen molar-refractivity contribution in [2.45, 2.75) is 63.4 Å². The molecule has 4 aromatic rings. The van der Waals surface area contributed by atoms with Crippen LogP contribution in [0.5, 0.6) is 5.75 Å². The van der Waals surface area contributed by atoms with Gasteiger partial charge in [0.2, 0.25) is 5.91 Å². The summed E-state index contributed by atoms with van der Waals surface area (Å²) < 4.78 is 7.86. The Kier molecular flexibility index (Phi) is 10.0. The molecule has 2 amide bonds. The number of anilines is 1. The summed E-state index contributed by atoms with van der Waals surface area (Å²) in [5, 5.41) is 6.04. The molecular formula is C31H35N3O3S2. The van der Waals surface area contributed by atoms with Crippen LogP contribution in [0, 0.1) is 0 Å². The molecule has 0 radical (unpaired) electrons. The van der Waals surface area contributed by atoms with Gasteiger partial charge in [-0.05, 0) is 74.2 Å². The summed E-state index contributed by atoms with van der Waals surface area (Å²) in [6, 6.07) is 21.1. The van der Waals surface area contributed by atoms with E-state index in [4.69, 9.17) is 4.74 Å². The third-order valence-electron chi connectivity index (χ3n) is 6.36. The van der Waals surface area contributed by atoms with Gasteiger partial charge in [-0.1, -0.05) is 62.4 Å². The Hall–Kier alpha value is -3.36. The van der Waals surface area contributed by atoms with Crippen LogP contribution in [0.15, 0.2) is 71.1 Å². The van der Waals surface area contributed by atoms with E-state index in [2.05, 4.69) is 36.4 Å². The highest BCUT2D eigenvalue weighted by Gasteiger charge is 2.14. The van der Waals surface area contributed by atoms with E-state index >= 15 is 0 Å². The molecule has 0 bridgehead atoms. The van der Waals surface area contributed by atoms with E-state index in [0.29, 0.717) is 11.3 Å². The summed E-state index contributed by atoms with van der Waals surface area (Å²) in [5.74, 6) is 0.929. The Morgan fingerprint density at radius 1 is 1.03 bits per heavy atom. The molecule has 204 valence electrons. The van der Waals surface area contributed by atoms with Crippen molar-refractivity contribution < 1.29 is 14.3 Å². The Labute approximate surface area is 238 Å². The fourth-order valence-corrected chi connectivity index (χ4v) is 6.19. The van der Waals surface area contributed by atoms with E-state index in [1.165, 1.54) is 23.1 Å². The lowest BCUT2D eigenvalue weighted by molar-refractivity contribution is -0.119. The smallest absolute Gasteiger partial charge is 0.255 e. The number of nitrogens with zero attached hydrogens (tertiary/aromatic N) is 1. The van der Waals surface area contributed by atoms with Gasteiger partial charge in [0, 0.05) is 11.3 Å². The predicted octanol–water partition coefficient (Wildman–Crippen LogP) is 7.65. The number of thiazole rings is 1. The SMILES string of the molecule is CCCC(C)Oc1ccc(C(=O)Nc2ccc3nc(SCC(=O)N[C@@H](C)c4ccccc4)sc3c2)cc1CC. The number of thioether (sulfide) groups is 1. The van der Waals surface area contributed by atoms with Gasteiger partial charge in [0.05, 0.1) is 28.1 Å².